The first kappa shape index (κ1) is 32.3. The third-order valence-corrected chi connectivity index (χ3v) is 12.9. The fourth-order valence-corrected chi connectivity index (χ4v) is 10.1. The Labute approximate surface area is 324 Å². The first-order valence-electron chi connectivity index (χ1n) is 19.8. The summed E-state index contributed by atoms with van der Waals surface area (Å²) in [6.07, 6.45) is 6.68. The van der Waals surface area contributed by atoms with Crippen LogP contribution >= 0.6 is 0 Å². The Morgan fingerprint density at radius 2 is 1.33 bits per heavy atom. The highest BCUT2D eigenvalue weighted by Gasteiger charge is 2.40. The highest BCUT2D eigenvalue weighted by Crippen LogP contribution is 2.49. The lowest BCUT2D eigenvalue weighted by Crippen LogP contribution is -2.59. The fraction of sp³-hybridized carbons (Fsp3) is 0.132. The Kier molecular flexibility index (Phi) is 7.17. The normalized spacial score (nSPS) is 15.3. The zero-order chi connectivity index (χ0) is 36.8. The maximum absolute atomic E-state index is 6.93. The van der Waals surface area contributed by atoms with Gasteiger partial charge in [0.25, 0.3) is 6.71 Å². The van der Waals surface area contributed by atoms with E-state index >= 15 is 0 Å². The van der Waals surface area contributed by atoms with Gasteiger partial charge < -0.3 is 4.74 Å². The summed E-state index contributed by atoms with van der Waals surface area (Å²) in [7, 11) is 0. The maximum atomic E-state index is 6.93. The van der Waals surface area contributed by atoms with Gasteiger partial charge in [-0.3, -0.25) is 0 Å². The monoisotopic (exact) mass is 704 g/mol. The van der Waals surface area contributed by atoms with E-state index < -0.39 is 0 Å². The van der Waals surface area contributed by atoms with Gasteiger partial charge in [0, 0.05) is 5.41 Å². The van der Waals surface area contributed by atoms with Crippen LogP contribution in [0.4, 0.5) is 0 Å². The zero-order valence-corrected chi connectivity index (χ0v) is 31.6. The standard InChI is InChI=1S/C53H41BO/c1-33-14-13-21-44-49(33)51(36-25-24-34-15-7-8-16-35(34)28-36)43-20-10-9-19-42(43)50(44)38-30-39-29-37-31-41(53(2,3)40-17-5-4-6-18-40)26-27-45(37)54-46-22-11-12-23-47(46)55-48(32-38)52(39)54/h4-13,15-28,30-33H,14,29H2,1-3H3. The third-order valence-electron chi connectivity index (χ3n) is 12.9. The molecule has 262 valence electrons. The van der Waals surface area contributed by atoms with E-state index in [-0.39, 0.29) is 12.1 Å². The van der Waals surface area contributed by atoms with Gasteiger partial charge in [-0.25, -0.2) is 0 Å². The van der Waals surface area contributed by atoms with Gasteiger partial charge >= 0.3 is 0 Å². The average molecular weight is 705 g/mol. The molecule has 0 saturated heterocycles. The molecule has 1 unspecified atom stereocenters. The molecule has 0 fully saturated rings. The van der Waals surface area contributed by atoms with Crippen LogP contribution in [-0.4, -0.2) is 6.71 Å². The summed E-state index contributed by atoms with van der Waals surface area (Å²) in [6.45, 7) is 7.23. The molecule has 1 atom stereocenters. The van der Waals surface area contributed by atoms with Gasteiger partial charge in [0.15, 0.2) is 0 Å². The molecule has 2 heterocycles. The highest BCUT2D eigenvalue weighted by molar-refractivity contribution is 6.97. The van der Waals surface area contributed by atoms with E-state index in [2.05, 4.69) is 185 Å². The summed E-state index contributed by atoms with van der Waals surface area (Å²) in [4.78, 5) is 0. The molecule has 0 aromatic heterocycles. The number of rotatable bonds is 4. The predicted molar refractivity (Wildman–Crippen MR) is 233 cm³/mol. The second-order valence-corrected chi connectivity index (χ2v) is 16.4. The molecule has 0 N–H and O–H groups in total. The number of allylic oxidation sites excluding steroid dienone is 1. The van der Waals surface area contributed by atoms with Crippen molar-refractivity contribution in [2.75, 3.05) is 0 Å². The smallest absolute Gasteiger partial charge is 0.251 e. The van der Waals surface area contributed by atoms with E-state index in [4.69, 9.17) is 4.74 Å². The largest absolute Gasteiger partial charge is 0.458 e. The van der Waals surface area contributed by atoms with Crippen LogP contribution in [0.1, 0.15) is 66.5 Å². The molecule has 3 aliphatic rings. The Bertz CT molecular complexity index is 2900. The van der Waals surface area contributed by atoms with Crippen LogP contribution in [0.25, 0.3) is 49.9 Å². The van der Waals surface area contributed by atoms with Gasteiger partial charge in [0.05, 0.1) is 0 Å². The Balaban J connectivity index is 1.14. The number of para-hydroxylation sites is 1. The number of hydrogen-bond acceptors (Lipinski definition) is 1. The summed E-state index contributed by atoms with van der Waals surface area (Å²) in [5.41, 5.74) is 17.3. The molecule has 8 aromatic carbocycles. The van der Waals surface area contributed by atoms with Crippen molar-refractivity contribution in [1.82, 2.24) is 0 Å². The van der Waals surface area contributed by atoms with Crippen molar-refractivity contribution in [3.05, 3.63) is 191 Å². The molecule has 0 bridgehead atoms. The fourth-order valence-electron chi connectivity index (χ4n) is 10.1. The molecule has 1 nitrogen and oxygen atoms in total. The lowest BCUT2D eigenvalue weighted by Gasteiger charge is -2.35. The molecule has 55 heavy (non-hydrogen) atoms. The maximum Gasteiger partial charge on any atom is 0.251 e. The zero-order valence-electron chi connectivity index (χ0n) is 31.6. The van der Waals surface area contributed by atoms with Crippen molar-refractivity contribution in [2.45, 2.75) is 44.9 Å². The van der Waals surface area contributed by atoms with Gasteiger partial charge in [0.2, 0.25) is 0 Å². The van der Waals surface area contributed by atoms with Gasteiger partial charge in [-0.1, -0.05) is 172 Å². The van der Waals surface area contributed by atoms with Crippen LogP contribution in [0.5, 0.6) is 11.5 Å². The van der Waals surface area contributed by atoms with Crippen LogP contribution in [0, 0.1) is 0 Å². The Morgan fingerprint density at radius 3 is 2.18 bits per heavy atom. The average Bonchev–Trinajstić information content (AvgIpc) is 3.22. The second-order valence-electron chi connectivity index (χ2n) is 16.4. The summed E-state index contributed by atoms with van der Waals surface area (Å²) in [5.74, 6) is 2.32. The van der Waals surface area contributed by atoms with Crippen LogP contribution in [-0.2, 0) is 11.8 Å². The Morgan fingerprint density at radius 1 is 0.582 bits per heavy atom. The minimum atomic E-state index is -0.120. The molecule has 0 radical (unpaired) electrons. The minimum absolute atomic E-state index is 0.120. The van der Waals surface area contributed by atoms with Crippen molar-refractivity contribution in [2.24, 2.45) is 0 Å². The van der Waals surface area contributed by atoms with Crippen molar-refractivity contribution in [3.63, 3.8) is 0 Å². The molecule has 2 heteroatoms. The lowest BCUT2D eigenvalue weighted by molar-refractivity contribution is 0.487. The van der Waals surface area contributed by atoms with Gasteiger partial charge in [0.1, 0.15) is 11.5 Å². The lowest BCUT2D eigenvalue weighted by atomic mass is 9.32. The molecule has 0 spiro atoms. The molecular weight excluding hydrogens is 663 g/mol. The summed E-state index contributed by atoms with van der Waals surface area (Å²) in [6, 6.07) is 56.5. The van der Waals surface area contributed by atoms with Crippen molar-refractivity contribution >= 4 is 50.7 Å². The molecule has 0 amide bonds. The van der Waals surface area contributed by atoms with Crippen LogP contribution in [0.3, 0.4) is 0 Å². The van der Waals surface area contributed by atoms with E-state index in [1.165, 1.54) is 93.6 Å². The van der Waals surface area contributed by atoms with Crippen LogP contribution in [0.2, 0.25) is 0 Å². The van der Waals surface area contributed by atoms with Crippen LogP contribution in [0.15, 0.2) is 158 Å². The van der Waals surface area contributed by atoms with E-state index in [0.29, 0.717) is 5.92 Å². The molecule has 0 saturated carbocycles. The predicted octanol–water partition coefficient (Wildman–Crippen LogP) is 11.7. The summed E-state index contributed by atoms with van der Waals surface area (Å²) >= 11 is 0. The first-order valence-corrected chi connectivity index (χ1v) is 19.8. The highest BCUT2D eigenvalue weighted by atomic mass is 16.5. The quantitative estimate of drug-likeness (QED) is 0.166. The van der Waals surface area contributed by atoms with Crippen molar-refractivity contribution < 1.29 is 4.74 Å². The number of ether oxygens (including phenoxy) is 1. The van der Waals surface area contributed by atoms with Crippen LogP contribution < -0.4 is 21.1 Å². The van der Waals surface area contributed by atoms with E-state index in [9.17, 15) is 0 Å². The molecule has 2 aliphatic heterocycles. The topological polar surface area (TPSA) is 9.23 Å². The number of hydrogen-bond donors (Lipinski definition) is 0. The second kappa shape index (κ2) is 12.2. The van der Waals surface area contributed by atoms with E-state index in [0.717, 1.165) is 24.3 Å². The Hall–Kier alpha value is -6.12. The first-order chi connectivity index (χ1) is 26.9. The van der Waals surface area contributed by atoms with Gasteiger partial charge in [-0.2, -0.15) is 0 Å². The third kappa shape index (κ3) is 4.94. The van der Waals surface area contributed by atoms with Crippen molar-refractivity contribution in [1.29, 1.82) is 0 Å². The summed E-state index contributed by atoms with van der Waals surface area (Å²) < 4.78 is 6.93. The molecular formula is C53H41BO. The summed E-state index contributed by atoms with van der Waals surface area (Å²) in [5, 5.41) is 5.14. The van der Waals surface area contributed by atoms with E-state index in [1.807, 2.05) is 0 Å². The van der Waals surface area contributed by atoms with Gasteiger partial charge in [-0.05, 0) is 125 Å². The van der Waals surface area contributed by atoms with Gasteiger partial charge in [-0.15, -0.1) is 0 Å². The SMILES string of the molecule is CC1CC=Cc2c1c(-c1ccc3ccccc3c1)c1ccccc1c2-c1cc2c3c(c1)Oc1ccccc1B3c1ccc(C(C)(C)c3ccccc3)cc1C2. The molecule has 1 aliphatic carbocycles. The molecule has 8 aromatic rings. The minimum Gasteiger partial charge on any atom is -0.458 e. The number of benzene rings is 8. The number of fused-ring (bicyclic) bond motifs is 7. The molecule has 11 rings (SSSR count). The van der Waals surface area contributed by atoms with Crippen molar-refractivity contribution in [3.8, 4) is 33.8 Å². The van der Waals surface area contributed by atoms with E-state index in [1.54, 1.807) is 0 Å².